The summed E-state index contributed by atoms with van der Waals surface area (Å²) in [6, 6.07) is 5.03. The molecule has 0 bridgehead atoms. The van der Waals surface area contributed by atoms with E-state index in [0.29, 0.717) is 34.7 Å². The summed E-state index contributed by atoms with van der Waals surface area (Å²) in [6.07, 6.45) is 2.40. The lowest BCUT2D eigenvalue weighted by Gasteiger charge is -2.08. The standard InChI is InChI=1S/C15H17N3O2S/c1-2-20-13-6-5-10(7-11(13)16)14(19)18-15-17-12(8-21-15)9-3-4-9/h5-9H,2-4,16H2,1H3,(H,17,18,19). The predicted molar refractivity (Wildman–Crippen MR) is 84.1 cm³/mol. The van der Waals surface area contributed by atoms with Crippen LogP contribution in [0.2, 0.25) is 0 Å². The number of carbonyl (C=O) groups is 1. The average molecular weight is 303 g/mol. The van der Waals surface area contributed by atoms with E-state index >= 15 is 0 Å². The first-order valence-corrected chi connectivity index (χ1v) is 7.84. The molecule has 0 atom stereocenters. The minimum Gasteiger partial charge on any atom is -0.492 e. The number of ether oxygens (including phenoxy) is 1. The normalized spacial score (nSPS) is 14.0. The first-order valence-electron chi connectivity index (χ1n) is 6.96. The van der Waals surface area contributed by atoms with Gasteiger partial charge in [0.15, 0.2) is 5.13 Å². The van der Waals surface area contributed by atoms with Gasteiger partial charge in [-0.05, 0) is 38.0 Å². The molecule has 1 aliphatic rings. The van der Waals surface area contributed by atoms with E-state index in [2.05, 4.69) is 10.3 Å². The van der Waals surface area contributed by atoms with Crippen molar-refractivity contribution in [2.24, 2.45) is 0 Å². The van der Waals surface area contributed by atoms with Crippen molar-refractivity contribution in [3.63, 3.8) is 0 Å². The summed E-state index contributed by atoms with van der Waals surface area (Å²) in [4.78, 5) is 16.6. The number of nitrogens with zero attached hydrogens (tertiary/aromatic N) is 1. The number of nitrogen functional groups attached to an aromatic ring is 1. The summed E-state index contributed by atoms with van der Waals surface area (Å²) in [5, 5.41) is 5.46. The molecule has 1 heterocycles. The van der Waals surface area contributed by atoms with Crippen LogP contribution in [-0.4, -0.2) is 17.5 Å². The molecule has 2 aromatic rings. The quantitative estimate of drug-likeness (QED) is 0.831. The van der Waals surface area contributed by atoms with Gasteiger partial charge in [-0.15, -0.1) is 11.3 Å². The van der Waals surface area contributed by atoms with Gasteiger partial charge in [-0.2, -0.15) is 0 Å². The highest BCUT2D eigenvalue weighted by molar-refractivity contribution is 7.14. The molecular weight excluding hydrogens is 286 g/mol. The van der Waals surface area contributed by atoms with Crippen molar-refractivity contribution in [2.75, 3.05) is 17.7 Å². The summed E-state index contributed by atoms with van der Waals surface area (Å²) in [6.45, 7) is 2.43. The van der Waals surface area contributed by atoms with Crippen LogP contribution >= 0.6 is 11.3 Å². The third-order valence-electron chi connectivity index (χ3n) is 3.31. The summed E-state index contributed by atoms with van der Waals surface area (Å²) in [5.74, 6) is 0.980. The highest BCUT2D eigenvalue weighted by Crippen LogP contribution is 2.40. The molecule has 0 spiro atoms. The Morgan fingerprint density at radius 3 is 3.00 bits per heavy atom. The van der Waals surface area contributed by atoms with E-state index in [4.69, 9.17) is 10.5 Å². The highest BCUT2D eigenvalue weighted by atomic mass is 32.1. The molecule has 6 heteroatoms. The van der Waals surface area contributed by atoms with Crippen molar-refractivity contribution >= 4 is 28.1 Å². The number of amides is 1. The molecular formula is C15H17N3O2S. The number of thiazole rings is 1. The Labute approximate surface area is 127 Å². The first kappa shape index (κ1) is 13.9. The lowest BCUT2D eigenvalue weighted by molar-refractivity contribution is 0.102. The van der Waals surface area contributed by atoms with E-state index < -0.39 is 0 Å². The second-order valence-electron chi connectivity index (χ2n) is 4.99. The van der Waals surface area contributed by atoms with E-state index in [1.54, 1.807) is 18.2 Å². The lowest BCUT2D eigenvalue weighted by atomic mass is 10.2. The number of hydrogen-bond donors (Lipinski definition) is 2. The van der Waals surface area contributed by atoms with Crippen LogP contribution in [0, 0.1) is 0 Å². The van der Waals surface area contributed by atoms with E-state index in [1.807, 2.05) is 12.3 Å². The minimum atomic E-state index is -0.207. The zero-order valence-electron chi connectivity index (χ0n) is 11.8. The van der Waals surface area contributed by atoms with E-state index in [1.165, 1.54) is 24.2 Å². The number of nitrogens with two attached hydrogens (primary N) is 1. The predicted octanol–water partition coefficient (Wildman–Crippen LogP) is 3.25. The van der Waals surface area contributed by atoms with Crippen LogP contribution in [-0.2, 0) is 0 Å². The second-order valence-corrected chi connectivity index (χ2v) is 5.85. The van der Waals surface area contributed by atoms with Gasteiger partial charge in [0.05, 0.1) is 18.0 Å². The van der Waals surface area contributed by atoms with Crippen molar-refractivity contribution in [3.05, 3.63) is 34.8 Å². The number of rotatable bonds is 5. The summed E-state index contributed by atoms with van der Waals surface area (Å²) in [5.41, 5.74) is 7.92. The molecule has 1 fully saturated rings. The van der Waals surface area contributed by atoms with Crippen LogP contribution in [0.5, 0.6) is 5.75 Å². The molecule has 1 amide bonds. The number of anilines is 2. The Bertz CT molecular complexity index is 665. The number of nitrogens with one attached hydrogen (secondary N) is 1. The van der Waals surface area contributed by atoms with Crippen LogP contribution < -0.4 is 15.8 Å². The first-order chi connectivity index (χ1) is 10.2. The average Bonchev–Trinajstić information content (AvgIpc) is 3.22. The molecule has 1 aromatic heterocycles. The van der Waals surface area contributed by atoms with Crippen LogP contribution in [0.4, 0.5) is 10.8 Å². The van der Waals surface area contributed by atoms with Crippen molar-refractivity contribution in [1.82, 2.24) is 4.98 Å². The fraction of sp³-hybridized carbons (Fsp3) is 0.333. The van der Waals surface area contributed by atoms with Crippen LogP contribution in [0.15, 0.2) is 23.6 Å². The topological polar surface area (TPSA) is 77.2 Å². The summed E-state index contributed by atoms with van der Waals surface area (Å²) >= 11 is 1.46. The highest BCUT2D eigenvalue weighted by Gasteiger charge is 2.26. The van der Waals surface area contributed by atoms with Crippen LogP contribution in [0.25, 0.3) is 0 Å². The molecule has 0 saturated heterocycles. The maximum atomic E-state index is 12.2. The lowest BCUT2D eigenvalue weighted by Crippen LogP contribution is -2.12. The summed E-state index contributed by atoms with van der Waals surface area (Å²) in [7, 11) is 0. The largest absolute Gasteiger partial charge is 0.492 e. The molecule has 0 aliphatic heterocycles. The Morgan fingerprint density at radius 2 is 2.33 bits per heavy atom. The molecule has 110 valence electrons. The Hall–Kier alpha value is -2.08. The molecule has 3 N–H and O–H groups in total. The smallest absolute Gasteiger partial charge is 0.257 e. The third kappa shape index (κ3) is 3.16. The van der Waals surface area contributed by atoms with Gasteiger partial charge < -0.3 is 10.5 Å². The van der Waals surface area contributed by atoms with Crippen molar-refractivity contribution in [2.45, 2.75) is 25.7 Å². The third-order valence-corrected chi connectivity index (χ3v) is 4.09. The van der Waals surface area contributed by atoms with E-state index in [-0.39, 0.29) is 5.91 Å². The van der Waals surface area contributed by atoms with Crippen LogP contribution in [0.1, 0.15) is 41.7 Å². The number of aromatic nitrogens is 1. The zero-order chi connectivity index (χ0) is 14.8. The summed E-state index contributed by atoms with van der Waals surface area (Å²) < 4.78 is 5.36. The Morgan fingerprint density at radius 1 is 1.52 bits per heavy atom. The second kappa shape index (κ2) is 5.73. The maximum Gasteiger partial charge on any atom is 0.257 e. The van der Waals surface area contributed by atoms with Crippen molar-refractivity contribution in [1.29, 1.82) is 0 Å². The molecule has 1 aromatic carbocycles. The molecule has 1 saturated carbocycles. The molecule has 5 nitrogen and oxygen atoms in total. The Kier molecular flexibility index (Phi) is 3.79. The fourth-order valence-electron chi connectivity index (χ4n) is 2.06. The van der Waals surface area contributed by atoms with Gasteiger partial charge >= 0.3 is 0 Å². The zero-order valence-corrected chi connectivity index (χ0v) is 12.6. The van der Waals surface area contributed by atoms with Gasteiger partial charge in [0.1, 0.15) is 5.75 Å². The van der Waals surface area contributed by atoms with Gasteiger partial charge in [-0.25, -0.2) is 4.98 Å². The SMILES string of the molecule is CCOc1ccc(C(=O)Nc2nc(C3CC3)cs2)cc1N. The van der Waals surface area contributed by atoms with Gasteiger partial charge in [-0.1, -0.05) is 0 Å². The van der Waals surface area contributed by atoms with Gasteiger partial charge in [0.25, 0.3) is 5.91 Å². The fourth-order valence-corrected chi connectivity index (χ4v) is 2.84. The monoisotopic (exact) mass is 303 g/mol. The molecule has 0 unspecified atom stereocenters. The Balaban J connectivity index is 1.70. The molecule has 21 heavy (non-hydrogen) atoms. The van der Waals surface area contributed by atoms with Crippen molar-refractivity contribution in [3.8, 4) is 5.75 Å². The van der Waals surface area contributed by atoms with E-state index in [9.17, 15) is 4.79 Å². The van der Waals surface area contributed by atoms with Gasteiger partial charge in [0, 0.05) is 16.9 Å². The van der Waals surface area contributed by atoms with Crippen molar-refractivity contribution < 1.29 is 9.53 Å². The molecule has 0 radical (unpaired) electrons. The minimum absolute atomic E-state index is 0.207. The van der Waals surface area contributed by atoms with Crippen LogP contribution in [0.3, 0.4) is 0 Å². The molecule has 1 aliphatic carbocycles. The van der Waals surface area contributed by atoms with Gasteiger partial charge in [-0.3, -0.25) is 10.1 Å². The number of carbonyl (C=O) groups excluding carboxylic acids is 1. The maximum absolute atomic E-state index is 12.2. The van der Waals surface area contributed by atoms with Gasteiger partial charge in [0.2, 0.25) is 0 Å². The molecule has 3 rings (SSSR count). The number of benzene rings is 1. The van der Waals surface area contributed by atoms with E-state index in [0.717, 1.165) is 5.69 Å². The number of hydrogen-bond acceptors (Lipinski definition) is 5.